The average molecular weight is 885 g/mol. The van der Waals surface area contributed by atoms with Gasteiger partial charge in [-0.25, -0.2) is 17.6 Å². The van der Waals surface area contributed by atoms with Crippen molar-refractivity contribution in [2.24, 2.45) is 0 Å². The Morgan fingerprint density at radius 3 is 0.957 bits per heavy atom. The molecule has 2 aromatic rings. The van der Waals surface area contributed by atoms with Gasteiger partial charge in [-0.15, -0.1) is 15.3 Å². The minimum Gasteiger partial charge on any atom is -1.00 e. The Bertz CT molecular complexity index is 1140. The predicted molar refractivity (Wildman–Crippen MR) is 179 cm³/mol. The molecule has 0 saturated heterocycles. The van der Waals surface area contributed by atoms with Crippen LogP contribution in [0.25, 0.3) is 0 Å². The summed E-state index contributed by atoms with van der Waals surface area (Å²) in [6, 6.07) is 12.2. The molecule has 0 spiro atoms. The molecule has 0 N–H and O–H groups in total. The second-order valence-corrected chi connectivity index (χ2v) is 28.4. The molecule has 280 valence electrons. The van der Waals surface area contributed by atoms with Gasteiger partial charge in [-0.1, -0.05) is 61.5 Å². The first-order valence-corrected chi connectivity index (χ1v) is 23.7. The van der Waals surface area contributed by atoms with E-state index in [1.807, 2.05) is 36.4 Å². The van der Waals surface area contributed by atoms with Gasteiger partial charge in [0.25, 0.3) is 0 Å². The molecule has 46 heavy (non-hydrogen) atoms. The van der Waals surface area contributed by atoms with Gasteiger partial charge >= 0.3 is 21.1 Å². The summed E-state index contributed by atoms with van der Waals surface area (Å²) in [5.41, 5.74) is -11.0. The highest BCUT2D eigenvalue weighted by atomic mass is 79.9. The summed E-state index contributed by atoms with van der Waals surface area (Å²) in [5, 5.41) is 0. The standard InChI is InChI=1S/2C7H10N.C4H9F3O3SSi.C3H9BrSi.CHF3O3S.4CH4.BrH/c2*1-2-8-6-4-3-5-7-8;1-12(2,3)10-11(8,9)4(5,6)7;1-5(2,3)4;2-1(3,4)8(5,6)7;;;;;/h2*3-7H,2H2,1H3;1-3H3;1-3H3;(H,5,6,7);4*1H4;1H/q2*+1;;;;;;;;/p-2. The van der Waals surface area contributed by atoms with E-state index in [2.05, 4.69) is 86.6 Å². The van der Waals surface area contributed by atoms with Crippen molar-refractivity contribution in [3.8, 4) is 0 Å². The van der Waals surface area contributed by atoms with Gasteiger partial charge in [0, 0.05) is 24.3 Å². The molecule has 0 aliphatic carbocycles. The van der Waals surface area contributed by atoms with Crippen LogP contribution >= 0.6 is 15.3 Å². The first-order chi connectivity index (χ1) is 18.1. The molecule has 0 atom stereocenters. The molecule has 2 aromatic heterocycles. The van der Waals surface area contributed by atoms with Crippen molar-refractivity contribution in [1.29, 1.82) is 0 Å². The van der Waals surface area contributed by atoms with Crippen molar-refractivity contribution in [3.63, 3.8) is 0 Å². The third-order valence-electron chi connectivity index (χ3n) is 3.21. The molecule has 0 aromatic carbocycles. The van der Waals surface area contributed by atoms with Gasteiger partial charge in [0.05, 0.1) is 0 Å². The van der Waals surface area contributed by atoms with Gasteiger partial charge in [-0.3, -0.25) is 0 Å². The average Bonchev–Trinajstić information content (AvgIpc) is 2.77. The molecule has 0 bridgehead atoms. The topological polar surface area (TPSA) is 108 Å². The maximum atomic E-state index is 11.7. The van der Waals surface area contributed by atoms with Crippen LogP contribution in [0.2, 0.25) is 39.3 Å². The summed E-state index contributed by atoms with van der Waals surface area (Å²) in [7, 11) is -14.2. The third-order valence-corrected chi connectivity index (χ3v) is 7.22. The minimum absolute atomic E-state index is 0. The van der Waals surface area contributed by atoms with Crippen LogP contribution in [0.1, 0.15) is 43.6 Å². The summed E-state index contributed by atoms with van der Waals surface area (Å²) < 4.78 is 123. The van der Waals surface area contributed by atoms with Gasteiger partial charge in [0.15, 0.2) is 34.9 Å². The fourth-order valence-corrected chi connectivity index (χ4v) is 4.68. The first kappa shape index (κ1) is 63.7. The largest absolute Gasteiger partial charge is 1.00 e. The van der Waals surface area contributed by atoms with Gasteiger partial charge in [-0.05, 0) is 33.5 Å². The van der Waals surface area contributed by atoms with E-state index in [1.54, 1.807) is 0 Å². The van der Waals surface area contributed by atoms with Crippen LogP contribution in [0.15, 0.2) is 61.2 Å². The van der Waals surface area contributed by atoms with Crippen molar-refractivity contribution >= 4 is 50.5 Å². The number of pyridine rings is 2. The van der Waals surface area contributed by atoms with Crippen LogP contribution in [0.3, 0.4) is 0 Å². The lowest BCUT2D eigenvalue weighted by Gasteiger charge is -2.17. The molecule has 0 fully saturated rings. The SMILES string of the molecule is C.C.C.C.CC[n+]1ccccc1.CC[n+]1ccccc1.C[Si](C)(C)Br.C[Si](C)(C)OS(=O)(=O)C(F)(F)F.O=S(=O)([O-])C(F)(F)F.[Br-]. The van der Waals surface area contributed by atoms with Gasteiger partial charge in [0.2, 0.25) is 8.32 Å². The smallest absolute Gasteiger partial charge is 0.522 e. The maximum absolute atomic E-state index is 11.7. The highest BCUT2D eigenvalue weighted by Crippen LogP contribution is 2.27. The van der Waals surface area contributed by atoms with Gasteiger partial charge < -0.3 is 25.4 Å². The van der Waals surface area contributed by atoms with E-state index in [-0.39, 0.29) is 46.7 Å². The Morgan fingerprint density at radius 2 is 0.870 bits per heavy atom. The molecule has 0 aliphatic heterocycles. The first-order valence-electron chi connectivity index (χ1n) is 11.7. The van der Waals surface area contributed by atoms with Crippen molar-refractivity contribution in [3.05, 3.63) is 61.2 Å². The summed E-state index contributed by atoms with van der Waals surface area (Å²) in [6.45, 7) is 16.4. The molecular formula is C26H54Br2F6N2O6S2Si2. The Hall–Kier alpha value is -0.906. The lowest BCUT2D eigenvalue weighted by atomic mass is 10.5. The minimum atomic E-state index is -6.09. The van der Waals surface area contributed by atoms with Crippen LogP contribution in [0.4, 0.5) is 26.3 Å². The highest BCUT2D eigenvalue weighted by Gasteiger charge is 2.49. The molecule has 0 aliphatic rings. The van der Waals surface area contributed by atoms with E-state index in [0.717, 1.165) is 13.1 Å². The van der Waals surface area contributed by atoms with Gasteiger partial charge in [-0.2, -0.15) is 34.8 Å². The number of hydrogen-bond donors (Lipinski definition) is 0. The molecule has 0 radical (unpaired) electrons. The molecule has 0 saturated carbocycles. The van der Waals surface area contributed by atoms with Crippen molar-refractivity contribution in [2.75, 3.05) is 0 Å². The number of halogens is 8. The van der Waals surface area contributed by atoms with E-state index in [9.17, 15) is 34.8 Å². The number of aryl methyl sites for hydroxylation is 2. The normalized spacial score (nSPS) is 10.8. The second-order valence-electron chi connectivity index (χ2n) is 9.47. The lowest BCUT2D eigenvalue weighted by Crippen LogP contribution is -3.00. The summed E-state index contributed by atoms with van der Waals surface area (Å²) in [4.78, 5) is 0. The van der Waals surface area contributed by atoms with E-state index in [4.69, 9.17) is 13.0 Å². The number of hydrogen-bond acceptors (Lipinski definition) is 6. The summed E-state index contributed by atoms with van der Waals surface area (Å²) >= 11 is 3.51. The molecule has 0 amide bonds. The quantitative estimate of drug-likeness (QED) is 0.101. The Labute approximate surface area is 295 Å². The molecule has 2 rings (SSSR count). The Balaban J connectivity index is -0.0000000650. The van der Waals surface area contributed by atoms with E-state index in [0.29, 0.717) is 0 Å². The zero-order valence-electron chi connectivity index (χ0n) is 24.4. The van der Waals surface area contributed by atoms with Crippen LogP contribution < -0.4 is 26.1 Å². The molecule has 8 nitrogen and oxygen atoms in total. The van der Waals surface area contributed by atoms with E-state index >= 15 is 0 Å². The maximum Gasteiger partial charge on any atom is 0.522 e. The zero-order chi connectivity index (χ0) is 33.3. The van der Waals surface area contributed by atoms with Crippen molar-refractivity contribution < 1.29 is 77.7 Å². The highest BCUT2D eigenvalue weighted by molar-refractivity contribution is 9.26. The second kappa shape index (κ2) is 28.0. The number of alkyl halides is 6. The third kappa shape index (κ3) is 41.1. The Kier molecular flexibility index (Phi) is 38.8. The Morgan fingerprint density at radius 1 is 0.652 bits per heavy atom. The lowest BCUT2D eigenvalue weighted by molar-refractivity contribution is -0.693. The van der Waals surface area contributed by atoms with E-state index < -0.39 is 46.3 Å². The van der Waals surface area contributed by atoms with Gasteiger partial charge in [0.1, 0.15) is 19.8 Å². The fourth-order valence-electron chi connectivity index (χ4n) is 1.67. The van der Waals surface area contributed by atoms with Crippen LogP contribution in [0.5, 0.6) is 0 Å². The predicted octanol–water partition coefficient (Wildman–Crippen LogP) is 5.49. The molecule has 20 heteroatoms. The summed E-state index contributed by atoms with van der Waals surface area (Å²) in [6.07, 6.45) is 8.22. The van der Waals surface area contributed by atoms with Crippen LogP contribution in [-0.4, -0.2) is 47.4 Å². The van der Waals surface area contributed by atoms with Crippen LogP contribution in [0, 0.1) is 0 Å². The molecule has 0 unspecified atom stereocenters. The van der Waals surface area contributed by atoms with Crippen LogP contribution in [-0.2, 0) is 37.2 Å². The van der Waals surface area contributed by atoms with E-state index in [1.165, 1.54) is 19.6 Å². The molecule has 2 heterocycles. The number of nitrogens with zero attached hydrogens (tertiary/aromatic N) is 2. The number of rotatable bonds is 4. The monoisotopic (exact) mass is 882 g/mol. The van der Waals surface area contributed by atoms with Crippen molar-refractivity contribution in [1.82, 2.24) is 0 Å². The number of aromatic nitrogens is 2. The summed E-state index contributed by atoms with van der Waals surface area (Å²) in [5.74, 6) is 0. The fraction of sp³-hybridized carbons (Fsp3) is 0.615. The van der Waals surface area contributed by atoms with Crippen molar-refractivity contribution in [2.45, 2.75) is 107 Å². The zero-order valence-corrected chi connectivity index (χ0v) is 31.2. The molecular weight excluding hydrogens is 830 g/mol.